The highest BCUT2D eigenvalue weighted by atomic mass is 16.5. The van der Waals surface area contributed by atoms with E-state index in [9.17, 15) is 0 Å². The minimum atomic E-state index is 0.800. The van der Waals surface area contributed by atoms with Gasteiger partial charge in [-0.3, -0.25) is 9.98 Å². The Morgan fingerprint density at radius 3 is 1.35 bits per heavy atom. The molecule has 0 atom stereocenters. The van der Waals surface area contributed by atoms with Crippen molar-refractivity contribution in [2.24, 2.45) is 9.98 Å². The fraction of sp³-hybridized carbons (Fsp3) is 0.167. The summed E-state index contributed by atoms with van der Waals surface area (Å²) in [6.45, 7) is 3.72. The number of aliphatic imine (C=N–C) groups is 2. The van der Waals surface area contributed by atoms with Crippen LogP contribution in [0.3, 0.4) is 0 Å². The molecule has 4 N–H and O–H groups in total. The van der Waals surface area contributed by atoms with Crippen molar-refractivity contribution in [1.82, 2.24) is 20.6 Å². The molecule has 7 nitrogen and oxygen atoms in total. The van der Waals surface area contributed by atoms with Gasteiger partial charge in [-0.15, -0.1) is 0 Å². The monoisotopic (exact) mass is 564 g/mol. The van der Waals surface area contributed by atoms with Crippen molar-refractivity contribution >= 4 is 33.5 Å². The molecule has 0 saturated heterocycles. The van der Waals surface area contributed by atoms with E-state index in [0.29, 0.717) is 0 Å². The minimum absolute atomic E-state index is 0.800. The Morgan fingerprint density at radius 1 is 0.488 bits per heavy atom. The lowest BCUT2D eigenvalue weighted by Crippen LogP contribution is -2.30. The van der Waals surface area contributed by atoms with Gasteiger partial charge in [-0.05, 0) is 96.8 Å². The van der Waals surface area contributed by atoms with E-state index in [-0.39, 0.29) is 0 Å². The van der Waals surface area contributed by atoms with E-state index in [4.69, 9.17) is 4.74 Å². The third kappa shape index (κ3) is 5.14. The van der Waals surface area contributed by atoms with Gasteiger partial charge in [0.05, 0.1) is 0 Å². The van der Waals surface area contributed by atoms with Crippen LogP contribution in [0.4, 0.5) is 0 Å². The largest absolute Gasteiger partial charge is 0.457 e. The zero-order valence-electron chi connectivity index (χ0n) is 23.8. The van der Waals surface area contributed by atoms with E-state index >= 15 is 0 Å². The molecule has 0 aliphatic carbocycles. The number of nitrogens with one attached hydrogen (secondary N) is 4. The molecule has 0 unspecified atom stereocenters. The quantitative estimate of drug-likeness (QED) is 0.172. The van der Waals surface area contributed by atoms with Crippen LogP contribution in [0.15, 0.2) is 107 Å². The standard InChI is InChI=1S/C36H32N6O/c1-15-37-35(38-16-1)27-5-3-25-19-31(41-33(25)21-27)23-7-11-29(12-8-23)43-30-13-9-24(10-14-30)32-20-26-4-6-28(22-34(26)42-32)36-39-17-2-18-40-36/h3-14,19-22,41-42H,1-2,15-18H2,(H,37,38)(H,39,40). The number of hydrogen-bond donors (Lipinski definition) is 4. The Balaban J connectivity index is 0.962. The first-order valence-corrected chi connectivity index (χ1v) is 15.0. The molecule has 4 aromatic carbocycles. The highest BCUT2D eigenvalue weighted by Crippen LogP contribution is 2.31. The molecular weight excluding hydrogens is 532 g/mol. The summed E-state index contributed by atoms with van der Waals surface area (Å²) in [4.78, 5) is 16.4. The number of H-pyrrole nitrogens is 2. The van der Waals surface area contributed by atoms with Crippen LogP contribution in [0.2, 0.25) is 0 Å². The number of fused-ring (bicyclic) bond motifs is 2. The number of amidine groups is 2. The van der Waals surface area contributed by atoms with Crippen LogP contribution >= 0.6 is 0 Å². The smallest absolute Gasteiger partial charge is 0.128 e. The molecule has 4 heterocycles. The second kappa shape index (κ2) is 10.8. The van der Waals surface area contributed by atoms with Crippen LogP contribution in [-0.2, 0) is 0 Å². The Bertz CT molecular complexity index is 1850. The Morgan fingerprint density at radius 2 is 0.930 bits per heavy atom. The number of aromatic amines is 2. The van der Waals surface area contributed by atoms with E-state index in [1.54, 1.807) is 0 Å². The van der Waals surface area contributed by atoms with Gasteiger partial charge < -0.3 is 25.3 Å². The zero-order valence-corrected chi connectivity index (χ0v) is 23.8. The predicted molar refractivity (Wildman–Crippen MR) is 176 cm³/mol. The number of aromatic nitrogens is 2. The zero-order chi connectivity index (χ0) is 28.6. The summed E-state index contributed by atoms with van der Waals surface area (Å²) in [5, 5.41) is 9.18. The summed E-state index contributed by atoms with van der Waals surface area (Å²) in [6, 6.07) is 33.7. The molecule has 0 fully saturated rings. The Kier molecular flexibility index (Phi) is 6.40. The molecule has 0 saturated carbocycles. The lowest BCUT2D eigenvalue weighted by molar-refractivity contribution is 0.483. The first-order valence-electron chi connectivity index (χ1n) is 15.0. The summed E-state index contributed by atoms with van der Waals surface area (Å²) < 4.78 is 6.18. The van der Waals surface area contributed by atoms with Crippen LogP contribution in [0.25, 0.3) is 44.3 Å². The van der Waals surface area contributed by atoms with Gasteiger partial charge in [0.25, 0.3) is 0 Å². The summed E-state index contributed by atoms with van der Waals surface area (Å²) in [5.74, 6) is 3.57. The highest BCUT2D eigenvalue weighted by molar-refractivity contribution is 6.03. The van der Waals surface area contributed by atoms with Crippen molar-refractivity contribution in [1.29, 1.82) is 0 Å². The average Bonchev–Trinajstić information content (AvgIpc) is 3.70. The van der Waals surface area contributed by atoms with Crippen molar-refractivity contribution in [3.63, 3.8) is 0 Å². The van der Waals surface area contributed by atoms with Crippen molar-refractivity contribution in [2.45, 2.75) is 12.8 Å². The third-order valence-corrected chi connectivity index (χ3v) is 8.15. The molecule has 0 bridgehead atoms. The summed E-state index contributed by atoms with van der Waals surface area (Å²) >= 11 is 0. The number of nitrogens with zero attached hydrogens (tertiary/aromatic N) is 2. The fourth-order valence-corrected chi connectivity index (χ4v) is 5.85. The van der Waals surface area contributed by atoms with Crippen molar-refractivity contribution in [2.75, 3.05) is 26.2 Å². The number of hydrogen-bond acceptors (Lipinski definition) is 5. The maximum Gasteiger partial charge on any atom is 0.128 e. The topological polar surface area (TPSA) is 89.6 Å². The molecular formula is C36H32N6O. The van der Waals surface area contributed by atoms with E-state index < -0.39 is 0 Å². The maximum absolute atomic E-state index is 6.18. The van der Waals surface area contributed by atoms with Gasteiger partial charge in [-0.25, -0.2) is 0 Å². The number of benzene rings is 4. The summed E-state index contributed by atoms with van der Waals surface area (Å²) in [7, 11) is 0. The van der Waals surface area contributed by atoms with Gasteiger partial charge in [0.2, 0.25) is 0 Å². The average molecular weight is 565 g/mol. The Hall–Kier alpha value is -5.30. The van der Waals surface area contributed by atoms with Gasteiger partial charge in [0, 0.05) is 70.5 Å². The molecule has 2 aromatic heterocycles. The molecule has 6 aromatic rings. The molecule has 8 rings (SSSR count). The third-order valence-electron chi connectivity index (χ3n) is 8.15. The highest BCUT2D eigenvalue weighted by Gasteiger charge is 2.12. The SMILES string of the molecule is c1cc(-c2cc3ccc(C4=NCCCN4)cc3[nH]2)ccc1Oc1ccc(-c2cc3ccc(C4=NCCCN4)cc3[nH]2)cc1. The summed E-state index contributed by atoms with van der Waals surface area (Å²) in [6.07, 6.45) is 2.18. The van der Waals surface area contributed by atoms with Gasteiger partial charge in [0.1, 0.15) is 23.2 Å². The molecule has 2 aliphatic heterocycles. The lowest BCUT2D eigenvalue weighted by Gasteiger charge is -2.14. The van der Waals surface area contributed by atoms with Crippen molar-refractivity contribution in [3.05, 3.63) is 108 Å². The molecule has 0 spiro atoms. The first-order chi connectivity index (χ1) is 21.2. The number of rotatable bonds is 6. The molecule has 0 radical (unpaired) electrons. The maximum atomic E-state index is 6.18. The van der Waals surface area contributed by atoms with Crippen LogP contribution in [0.1, 0.15) is 24.0 Å². The van der Waals surface area contributed by atoms with Gasteiger partial charge in [-0.2, -0.15) is 0 Å². The van der Waals surface area contributed by atoms with Gasteiger partial charge in [0.15, 0.2) is 0 Å². The Labute approximate surface area is 249 Å². The van der Waals surface area contributed by atoms with Gasteiger partial charge >= 0.3 is 0 Å². The fourth-order valence-electron chi connectivity index (χ4n) is 5.85. The van der Waals surface area contributed by atoms with E-state index in [1.807, 2.05) is 24.3 Å². The first kappa shape index (κ1) is 25.4. The van der Waals surface area contributed by atoms with E-state index in [2.05, 4.69) is 103 Å². The van der Waals surface area contributed by atoms with E-state index in [1.165, 1.54) is 10.8 Å². The minimum Gasteiger partial charge on any atom is -0.457 e. The lowest BCUT2D eigenvalue weighted by atomic mass is 10.1. The second-order valence-corrected chi connectivity index (χ2v) is 11.1. The van der Waals surface area contributed by atoms with Crippen molar-refractivity contribution < 1.29 is 4.74 Å². The molecule has 212 valence electrons. The van der Waals surface area contributed by atoms with Crippen LogP contribution in [0, 0.1) is 0 Å². The van der Waals surface area contributed by atoms with Crippen molar-refractivity contribution in [3.8, 4) is 34.0 Å². The number of ether oxygens (including phenoxy) is 1. The summed E-state index contributed by atoms with van der Waals surface area (Å²) in [5.41, 5.74) is 8.84. The second-order valence-electron chi connectivity index (χ2n) is 11.1. The molecule has 0 amide bonds. The van der Waals surface area contributed by atoms with Crippen LogP contribution in [-0.4, -0.2) is 47.8 Å². The molecule has 7 heteroatoms. The molecule has 43 heavy (non-hydrogen) atoms. The van der Waals surface area contributed by atoms with Gasteiger partial charge in [-0.1, -0.05) is 24.3 Å². The van der Waals surface area contributed by atoms with Crippen LogP contribution in [0.5, 0.6) is 11.5 Å². The predicted octanol–water partition coefficient (Wildman–Crippen LogP) is 7.26. The normalized spacial score (nSPS) is 15.1. The van der Waals surface area contributed by atoms with Crippen LogP contribution < -0.4 is 15.4 Å². The molecule has 2 aliphatic rings. The van der Waals surface area contributed by atoms with E-state index in [0.717, 1.165) is 107 Å².